The van der Waals surface area contributed by atoms with Crippen LogP contribution in [0.15, 0.2) is 83.8 Å². The van der Waals surface area contributed by atoms with E-state index in [1.807, 2.05) is 30.3 Å². The first-order chi connectivity index (χ1) is 17.6. The van der Waals surface area contributed by atoms with Crippen LogP contribution in [0.2, 0.25) is 5.02 Å². The first-order valence-electron chi connectivity index (χ1n) is 11.7. The zero-order valence-corrected chi connectivity index (χ0v) is 22.2. The number of hydrogen-bond donors (Lipinski definition) is 1. The van der Waals surface area contributed by atoms with Crippen molar-refractivity contribution in [2.24, 2.45) is 0 Å². The molecular formula is C27H29ClFN3O4S. The lowest BCUT2D eigenvalue weighted by atomic mass is 10.0. The highest BCUT2D eigenvalue weighted by molar-refractivity contribution is 7.89. The zero-order valence-electron chi connectivity index (χ0n) is 20.6. The van der Waals surface area contributed by atoms with Crippen LogP contribution in [0.4, 0.5) is 4.39 Å². The van der Waals surface area contributed by atoms with Gasteiger partial charge in [-0.25, -0.2) is 12.8 Å². The number of likely N-dealkylation sites (N-methyl/N-ethyl adjacent to an activating group) is 2. The van der Waals surface area contributed by atoms with Crippen LogP contribution in [0.3, 0.4) is 0 Å². The van der Waals surface area contributed by atoms with Gasteiger partial charge in [0.2, 0.25) is 21.8 Å². The Kier molecular flexibility index (Phi) is 9.79. The first-order valence-corrected chi connectivity index (χ1v) is 13.5. The molecule has 0 spiro atoms. The maximum absolute atomic E-state index is 13.6. The van der Waals surface area contributed by atoms with Gasteiger partial charge >= 0.3 is 0 Å². The number of nitrogens with zero attached hydrogens (tertiary/aromatic N) is 2. The third-order valence-corrected chi connectivity index (χ3v) is 7.84. The standard InChI is InChI=1S/C27H29ClFN3O4S/c1-3-30-27(34)25(17-20-7-5-4-6-8-20)32(18-21-9-13-23(29)14-10-21)26(33)19-31(2)37(35,36)24-15-11-22(28)12-16-24/h4-16,25H,3,17-19H2,1-2H3,(H,30,34)/t25-/m1/s1. The second-order valence-corrected chi connectivity index (χ2v) is 10.9. The number of benzene rings is 3. The Bertz CT molecular complexity index is 1300. The van der Waals surface area contributed by atoms with Crippen LogP contribution in [0.5, 0.6) is 0 Å². The molecule has 0 saturated heterocycles. The van der Waals surface area contributed by atoms with Gasteiger partial charge in [-0.15, -0.1) is 0 Å². The molecule has 0 radical (unpaired) electrons. The molecule has 3 aromatic rings. The van der Waals surface area contributed by atoms with E-state index in [0.717, 1.165) is 9.87 Å². The third-order valence-electron chi connectivity index (χ3n) is 5.77. The van der Waals surface area contributed by atoms with Crippen molar-refractivity contribution in [3.05, 3.63) is 101 Å². The molecule has 0 unspecified atom stereocenters. The highest BCUT2D eigenvalue weighted by atomic mass is 35.5. The van der Waals surface area contributed by atoms with Crippen LogP contribution >= 0.6 is 11.6 Å². The number of halogens is 2. The first kappa shape index (κ1) is 28.3. The normalized spacial score (nSPS) is 12.2. The highest BCUT2D eigenvalue weighted by Gasteiger charge is 2.32. The quantitative estimate of drug-likeness (QED) is 0.396. The minimum atomic E-state index is -4.00. The van der Waals surface area contributed by atoms with E-state index < -0.39 is 34.3 Å². The van der Waals surface area contributed by atoms with Crippen molar-refractivity contribution in [1.82, 2.24) is 14.5 Å². The van der Waals surface area contributed by atoms with Crippen LogP contribution in [0, 0.1) is 5.82 Å². The van der Waals surface area contributed by atoms with E-state index >= 15 is 0 Å². The molecule has 37 heavy (non-hydrogen) atoms. The molecule has 3 rings (SSSR count). The summed E-state index contributed by atoms with van der Waals surface area (Å²) in [4.78, 5) is 28.1. The average molecular weight is 546 g/mol. The van der Waals surface area contributed by atoms with Crippen LogP contribution in [-0.2, 0) is 32.6 Å². The summed E-state index contributed by atoms with van der Waals surface area (Å²) in [7, 11) is -2.70. The maximum Gasteiger partial charge on any atom is 0.243 e. The average Bonchev–Trinajstić information content (AvgIpc) is 2.88. The number of rotatable bonds is 11. The molecule has 0 aliphatic heterocycles. The van der Waals surface area contributed by atoms with Gasteiger partial charge in [0, 0.05) is 31.6 Å². The molecule has 1 N–H and O–H groups in total. The van der Waals surface area contributed by atoms with E-state index in [2.05, 4.69) is 5.32 Å². The number of nitrogens with one attached hydrogen (secondary N) is 1. The van der Waals surface area contributed by atoms with E-state index in [1.54, 1.807) is 6.92 Å². The summed E-state index contributed by atoms with van der Waals surface area (Å²) in [6.07, 6.45) is 0.216. The summed E-state index contributed by atoms with van der Waals surface area (Å²) >= 11 is 5.88. The number of sulfonamides is 1. The topological polar surface area (TPSA) is 86.8 Å². The van der Waals surface area contributed by atoms with E-state index in [1.165, 1.54) is 60.5 Å². The van der Waals surface area contributed by atoms with Gasteiger partial charge in [0.15, 0.2) is 0 Å². The van der Waals surface area contributed by atoms with Gasteiger partial charge in [-0.3, -0.25) is 9.59 Å². The molecule has 7 nitrogen and oxygen atoms in total. The van der Waals surface area contributed by atoms with Crippen molar-refractivity contribution in [3.8, 4) is 0 Å². The van der Waals surface area contributed by atoms with Crippen molar-refractivity contribution in [2.45, 2.75) is 30.8 Å². The molecule has 0 saturated carbocycles. The zero-order chi connectivity index (χ0) is 27.0. The number of amides is 2. The predicted octanol–water partition coefficient (Wildman–Crippen LogP) is 3.88. The molecule has 0 aromatic heterocycles. The molecular weight excluding hydrogens is 517 g/mol. The summed E-state index contributed by atoms with van der Waals surface area (Å²) in [6.45, 7) is 1.61. The maximum atomic E-state index is 13.6. The second-order valence-electron chi connectivity index (χ2n) is 8.46. The molecule has 3 aromatic carbocycles. The Morgan fingerprint density at radius 2 is 1.57 bits per heavy atom. The fourth-order valence-electron chi connectivity index (χ4n) is 3.79. The SMILES string of the molecule is CCNC(=O)[C@@H](Cc1ccccc1)N(Cc1ccc(F)cc1)C(=O)CN(C)S(=O)(=O)c1ccc(Cl)cc1. The molecule has 2 amide bonds. The van der Waals surface area contributed by atoms with Gasteiger partial charge in [-0.05, 0) is 54.4 Å². The summed E-state index contributed by atoms with van der Waals surface area (Å²) in [6, 6.07) is 19.5. The second kappa shape index (κ2) is 12.8. The Morgan fingerprint density at radius 3 is 2.16 bits per heavy atom. The smallest absolute Gasteiger partial charge is 0.243 e. The molecule has 0 bridgehead atoms. The predicted molar refractivity (Wildman–Crippen MR) is 141 cm³/mol. The van der Waals surface area contributed by atoms with Gasteiger partial charge in [0.05, 0.1) is 11.4 Å². The molecule has 0 heterocycles. The van der Waals surface area contributed by atoms with Crippen LogP contribution < -0.4 is 5.32 Å². The van der Waals surface area contributed by atoms with E-state index in [0.29, 0.717) is 17.1 Å². The van der Waals surface area contributed by atoms with Crippen molar-refractivity contribution < 1.29 is 22.4 Å². The lowest BCUT2D eigenvalue weighted by Gasteiger charge is -2.32. The van der Waals surface area contributed by atoms with Crippen LogP contribution in [0.25, 0.3) is 0 Å². The van der Waals surface area contributed by atoms with E-state index in [9.17, 15) is 22.4 Å². The Hall–Kier alpha value is -3.27. The van der Waals surface area contributed by atoms with Crippen molar-refractivity contribution in [2.75, 3.05) is 20.1 Å². The minimum Gasteiger partial charge on any atom is -0.355 e. The number of carbonyl (C=O) groups is 2. The lowest BCUT2D eigenvalue weighted by molar-refractivity contribution is -0.141. The summed E-state index contributed by atoms with van der Waals surface area (Å²) in [5, 5.41) is 3.16. The monoisotopic (exact) mass is 545 g/mol. The molecule has 0 aliphatic rings. The van der Waals surface area contributed by atoms with Crippen LogP contribution in [0.1, 0.15) is 18.1 Å². The van der Waals surface area contributed by atoms with Gasteiger partial charge < -0.3 is 10.2 Å². The molecule has 196 valence electrons. The van der Waals surface area contributed by atoms with Crippen molar-refractivity contribution in [3.63, 3.8) is 0 Å². The van der Waals surface area contributed by atoms with Crippen molar-refractivity contribution >= 4 is 33.4 Å². The molecule has 0 aliphatic carbocycles. The van der Waals surface area contributed by atoms with Gasteiger partial charge in [0.25, 0.3) is 0 Å². The lowest BCUT2D eigenvalue weighted by Crippen LogP contribution is -2.53. The Morgan fingerprint density at radius 1 is 0.946 bits per heavy atom. The Balaban J connectivity index is 1.94. The number of carbonyl (C=O) groups excluding carboxylic acids is 2. The number of hydrogen-bond acceptors (Lipinski definition) is 4. The largest absolute Gasteiger partial charge is 0.355 e. The fourth-order valence-corrected chi connectivity index (χ4v) is 5.03. The highest BCUT2D eigenvalue weighted by Crippen LogP contribution is 2.20. The summed E-state index contributed by atoms with van der Waals surface area (Å²) in [5.41, 5.74) is 1.43. The Labute approximate surface area is 221 Å². The van der Waals surface area contributed by atoms with E-state index in [4.69, 9.17) is 11.6 Å². The van der Waals surface area contributed by atoms with Crippen LogP contribution in [-0.4, -0.2) is 55.6 Å². The van der Waals surface area contributed by atoms with Gasteiger partial charge in [0.1, 0.15) is 11.9 Å². The molecule has 0 fully saturated rings. The van der Waals surface area contributed by atoms with Gasteiger partial charge in [-0.2, -0.15) is 4.31 Å². The third kappa shape index (κ3) is 7.61. The van der Waals surface area contributed by atoms with Gasteiger partial charge in [-0.1, -0.05) is 54.1 Å². The minimum absolute atomic E-state index is 0.0113. The van der Waals surface area contributed by atoms with Crippen molar-refractivity contribution in [1.29, 1.82) is 0 Å². The molecule has 10 heteroatoms. The molecule has 1 atom stereocenters. The summed E-state index contributed by atoms with van der Waals surface area (Å²) < 4.78 is 40.6. The van der Waals surface area contributed by atoms with E-state index in [-0.39, 0.29) is 23.8 Å². The fraction of sp³-hybridized carbons (Fsp3) is 0.259. The summed E-state index contributed by atoms with van der Waals surface area (Å²) in [5.74, 6) is -1.37.